The van der Waals surface area contributed by atoms with Crippen molar-refractivity contribution < 1.29 is 9.53 Å². The Morgan fingerprint density at radius 2 is 2.27 bits per heavy atom. The van der Waals surface area contributed by atoms with Crippen LogP contribution in [0.5, 0.6) is 0 Å². The van der Waals surface area contributed by atoms with Gasteiger partial charge >= 0.3 is 0 Å². The van der Waals surface area contributed by atoms with E-state index in [-0.39, 0.29) is 11.0 Å². The van der Waals surface area contributed by atoms with Crippen LogP contribution in [-0.2, 0) is 9.53 Å². The number of hydrogen-bond acceptors (Lipinski definition) is 4. The molecule has 0 saturated carbocycles. The molecule has 0 N–H and O–H groups in total. The third-order valence-electron chi connectivity index (χ3n) is 1.11. The van der Waals surface area contributed by atoms with Gasteiger partial charge in [0.25, 0.3) is 0 Å². The summed E-state index contributed by atoms with van der Waals surface area (Å²) in [5, 5.41) is -0.0888. The smallest absolute Gasteiger partial charge is 0.220 e. The number of carbonyl (C=O) groups is 1. The van der Waals surface area contributed by atoms with Crippen LogP contribution in [0.3, 0.4) is 0 Å². The van der Waals surface area contributed by atoms with Crippen LogP contribution >= 0.6 is 24.0 Å². The van der Waals surface area contributed by atoms with Gasteiger partial charge in [0, 0.05) is 0 Å². The van der Waals surface area contributed by atoms with Crippen molar-refractivity contribution in [3.05, 3.63) is 0 Å². The van der Waals surface area contributed by atoms with Gasteiger partial charge in [-0.05, 0) is 33.0 Å². The van der Waals surface area contributed by atoms with Crippen LogP contribution in [0, 0.1) is 0 Å². The van der Waals surface area contributed by atoms with Crippen molar-refractivity contribution >= 4 is 34.1 Å². The standard InChI is InChI=1S/C7H12O2S2/c1-4-9-7(10)11-6(3)5(2)8/h6H,4H2,1-3H3/i7+1. The Balaban J connectivity index is 3.66. The summed E-state index contributed by atoms with van der Waals surface area (Å²) in [6, 6.07) is 0. The number of ketones is 1. The Morgan fingerprint density at radius 3 is 2.64 bits per heavy atom. The Bertz CT molecular complexity index is 157. The fraction of sp³-hybridized carbons (Fsp3) is 0.714. The molecule has 0 aromatic carbocycles. The van der Waals surface area contributed by atoms with Gasteiger partial charge in [0.1, 0.15) is 5.78 Å². The number of thiocarbonyl (C=S) groups is 1. The first-order valence-corrected chi connectivity index (χ1v) is 4.70. The zero-order chi connectivity index (χ0) is 8.85. The molecule has 1 unspecified atom stereocenters. The Hall–Kier alpha value is -0.0900. The summed E-state index contributed by atoms with van der Waals surface area (Å²) in [7, 11) is 0. The number of ether oxygens (including phenoxy) is 1. The normalized spacial score (nSPS) is 12.3. The van der Waals surface area contributed by atoms with Crippen molar-refractivity contribution in [1.29, 1.82) is 0 Å². The molecule has 0 rings (SSSR count). The highest BCUT2D eigenvalue weighted by Gasteiger charge is 2.11. The zero-order valence-electron chi connectivity index (χ0n) is 6.92. The summed E-state index contributed by atoms with van der Waals surface area (Å²) < 4.78 is 5.46. The number of rotatable bonds is 3. The summed E-state index contributed by atoms with van der Waals surface area (Å²) in [6.45, 7) is 5.80. The Kier molecular flexibility index (Phi) is 5.50. The van der Waals surface area contributed by atoms with E-state index in [2.05, 4.69) is 0 Å². The minimum Gasteiger partial charge on any atom is -0.479 e. The van der Waals surface area contributed by atoms with E-state index in [1.54, 1.807) is 6.92 Å². The van der Waals surface area contributed by atoms with E-state index in [4.69, 9.17) is 17.0 Å². The minimum atomic E-state index is -0.0888. The molecule has 0 fully saturated rings. The molecule has 0 aliphatic carbocycles. The van der Waals surface area contributed by atoms with Crippen molar-refractivity contribution in [1.82, 2.24) is 0 Å². The lowest BCUT2D eigenvalue weighted by Crippen LogP contribution is -2.12. The van der Waals surface area contributed by atoms with Crippen LogP contribution in [-0.4, -0.2) is 22.0 Å². The second kappa shape index (κ2) is 5.55. The van der Waals surface area contributed by atoms with Gasteiger partial charge in [0.2, 0.25) is 4.38 Å². The van der Waals surface area contributed by atoms with Gasteiger partial charge < -0.3 is 4.74 Å². The molecule has 4 heteroatoms. The Morgan fingerprint density at radius 1 is 1.73 bits per heavy atom. The highest BCUT2D eigenvalue weighted by Crippen LogP contribution is 2.14. The van der Waals surface area contributed by atoms with Crippen LogP contribution in [0.4, 0.5) is 0 Å². The molecule has 0 heterocycles. The van der Waals surface area contributed by atoms with Crippen LogP contribution < -0.4 is 0 Å². The van der Waals surface area contributed by atoms with Crippen molar-refractivity contribution in [2.45, 2.75) is 26.0 Å². The molecule has 0 radical (unpaired) electrons. The fourth-order valence-electron chi connectivity index (χ4n) is 0.379. The van der Waals surface area contributed by atoms with Gasteiger partial charge in [-0.25, -0.2) is 0 Å². The first-order valence-electron chi connectivity index (χ1n) is 3.41. The van der Waals surface area contributed by atoms with E-state index in [9.17, 15) is 4.79 Å². The number of Topliss-reactive ketones (excluding diaryl/α,β-unsaturated/α-hetero) is 1. The quantitative estimate of drug-likeness (QED) is 0.506. The first-order chi connectivity index (χ1) is 5.07. The second-order valence-electron chi connectivity index (χ2n) is 2.05. The largest absolute Gasteiger partial charge is 0.479 e. The minimum absolute atomic E-state index is 0.0888. The van der Waals surface area contributed by atoms with Crippen LogP contribution in [0.25, 0.3) is 0 Å². The van der Waals surface area contributed by atoms with Crippen molar-refractivity contribution in [2.75, 3.05) is 6.61 Å². The summed E-state index contributed by atoms with van der Waals surface area (Å²) in [5.41, 5.74) is 0. The maximum Gasteiger partial charge on any atom is 0.220 e. The van der Waals surface area contributed by atoms with Gasteiger partial charge in [0.05, 0.1) is 11.9 Å². The van der Waals surface area contributed by atoms with E-state index in [0.29, 0.717) is 11.0 Å². The average Bonchev–Trinajstić information content (AvgIpc) is 1.87. The summed E-state index contributed by atoms with van der Waals surface area (Å²) in [5.74, 6) is 0.122. The molecule has 0 bridgehead atoms. The van der Waals surface area contributed by atoms with Crippen LogP contribution in [0.2, 0.25) is 0 Å². The predicted octanol–water partition coefficient (Wildman–Crippen LogP) is 2.02. The SMILES string of the molecule is CCO[13C](=S)SC(C)C(C)=O. The highest BCUT2D eigenvalue weighted by molar-refractivity contribution is 8.23. The average molecular weight is 193 g/mol. The number of hydrogen-bond donors (Lipinski definition) is 0. The fourth-order valence-corrected chi connectivity index (χ4v) is 1.57. The molecule has 1 atom stereocenters. The van der Waals surface area contributed by atoms with E-state index >= 15 is 0 Å². The van der Waals surface area contributed by atoms with E-state index in [0.717, 1.165) is 0 Å². The molecule has 0 amide bonds. The van der Waals surface area contributed by atoms with Crippen molar-refractivity contribution in [3.63, 3.8) is 0 Å². The Labute approximate surface area is 76.7 Å². The molecule has 0 aliphatic heterocycles. The third kappa shape index (κ3) is 5.21. The molecule has 0 spiro atoms. The van der Waals surface area contributed by atoms with E-state index in [1.807, 2.05) is 13.8 Å². The molecule has 0 saturated heterocycles. The molecular weight excluding hydrogens is 181 g/mol. The van der Waals surface area contributed by atoms with Gasteiger partial charge in [-0.2, -0.15) is 0 Å². The maximum absolute atomic E-state index is 10.7. The number of thioether (sulfide) groups is 1. The molecular formula is C7H12O2S2. The summed E-state index contributed by atoms with van der Waals surface area (Å²) in [4.78, 5) is 10.7. The lowest BCUT2D eigenvalue weighted by Gasteiger charge is -2.07. The molecule has 64 valence electrons. The lowest BCUT2D eigenvalue weighted by atomic mass is 10.3. The van der Waals surface area contributed by atoms with Gasteiger partial charge in [-0.15, -0.1) is 0 Å². The summed E-state index contributed by atoms with van der Waals surface area (Å²) in [6.07, 6.45) is 0. The van der Waals surface area contributed by atoms with Gasteiger partial charge in [-0.3, -0.25) is 4.79 Å². The molecule has 11 heavy (non-hydrogen) atoms. The topological polar surface area (TPSA) is 26.3 Å². The molecule has 0 aliphatic rings. The monoisotopic (exact) mass is 193 g/mol. The second-order valence-corrected chi connectivity index (χ2v) is 4.00. The maximum atomic E-state index is 10.7. The highest BCUT2D eigenvalue weighted by atomic mass is 32.2. The third-order valence-corrected chi connectivity index (χ3v) is 2.51. The zero-order valence-corrected chi connectivity index (χ0v) is 8.55. The molecule has 0 aromatic heterocycles. The van der Waals surface area contributed by atoms with Gasteiger partial charge in [0.15, 0.2) is 0 Å². The lowest BCUT2D eigenvalue weighted by molar-refractivity contribution is -0.116. The first kappa shape index (κ1) is 10.9. The molecule has 2 nitrogen and oxygen atoms in total. The van der Waals surface area contributed by atoms with Crippen molar-refractivity contribution in [2.24, 2.45) is 0 Å². The molecule has 0 aromatic rings. The number of carbonyl (C=O) groups excluding carboxylic acids is 1. The van der Waals surface area contributed by atoms with Gasteiger partial charge in [-0.1, -0.05) is 11.8 Å². The van der Waals surface area contributed by atoms with Crippen LogP contribution in [0.15, 0.2) is 0 Å². The van der Waals surface area contributed by atoms with Crippen LogP contribution in [0.1, 0.15) is 20.8 Å². The predicted molar refractivity (Wildman–Crippen MR) is 52.0 cm³/mol. The van der Waals surface area contributed by atoms with E-state index in [1.165, 1.54) is 11.8 Å². The van der Waals surface area contributed by atoms with Crippen molar-refractivity contribution in [3.8, 4) is 0 Å². The van der Waals surface area contributed by atoms with E-state index < -0.39 is 0 Å². The summed E-state index contributed by atoms with van der Waals surface area (Å²) >= 11 is 6.13.